The third kappa shape index (κ3) is 5.74. The van der Waals surface area contributed by atoms with Gasteiger partial charge in [0, 0.05) is 17.1 Å². The van der Waals surface area contributed by atoms with Gasteiger partial charge in [-0.25, -0.2) is 9.20 Å². The van der Waals surface area contributed by atoms with Crippen molar-refractivity contribution in [2.45, 2.75) is 52.2 Å². The quantitative estimate of drug-likeness (QED) is 0.396. The minimum absolute atomic E-state index is 0.152. The van der Waals surface area contributed by atoms with Crippen LogP contribution in [0.15, 0.2) is 29.1 Å². The molecule has 2 N–H and O–H groups in total. The van der Waals surface area contributed by atoms with Gasteiger partial charge < -0.3 is 15.0 Å². The maximum Gasteiger partial charge on any atom is 0.334 e. The van der Waals surface area contributed by atoms with Crippen LogP contribution in [-0.2, 0) is 11.3 Å². The zero-order valence-electron chi connectivity index (χ0n) is 19.6. The first kappa shape index (κ1) is 24.8. The summed E-state index contributed by atoms with van der Waals surface area (Å²) in [6.45, 7) is 4.93. The second-order valence-electron chi connectivity index (χ2n) is 8.26. The molecule has 2 heterocycles. The van der Waals surface area contributed by atoms with Crippen LogP contribution in [0.3, 0.4) is 0 Å². The van der Waals surface area contributed by atoms with Crippen molar-refractivity contribution in [1.82, 2.24) is 19.3 Å². The number of aromatic nitrogens is 3. The number of fused-ring (bicyclic) bond motifs is 1. The van der Waals surface area contributed by atoms with Crippen LogP contribution in [0.1, 0.15) is 50.8 Å². The molecule has 0 aliphatic heterocycles. The Morgan fingerprint density at radius 2 is 2.03 bits per heavy atom. The number of nitriles is 1. The van der Waals surface area contributed by atoms with Gasteiger partial charge in [-0.15, -0.1) is 0 Å². The second-order valence-corrected chi connectivity index (χ2v) is 8.70. The lowest BCUT2D eigenvalue weighted by molar-refractivity contribution is 0.0558. The molecule has 0 aliphatic carbocycles. The Labute approximate surface area is 199 Å². The number of anilines is 1. The summed E-state index contributed by atoms with van der Waals surface area (Å²) in [4.78, 5) is 22.4. The normalized spacial score (nSPS) is 12.3. The van der Waals surface area contributed by atoms with Crippen LogP contribution < -0.4 is 11.0 Å². The van der Waals surface area contributed by atoms with E-state index in [1.54, 1.807) is 12.1 Å². The molecule has 3 aromatic rings. The number of unbranched alkanes of at least 4 members (excludes halogenated alkanes) is 1. The first-order valence-corrected chi connectivity index (χ1v) is 11.6. The summed E-state index contributed by atoms with van der Waals surface area (Å²) in [5, 5.41) is 13.7. The maximum atomic E-state index is 13.1. The Bertz CT molecular complexity index is 1180. The molecule has 0 bridgehead atoms. The average molecular weight is 471 g/mol. The molecule has 3 rings (SSSR count). The molecular weight excluding hydrogens is 440 g/mol. The lowest BCUT2D eigenvalue weighted by Gasteiger charge is -2.16. The van der Waals surface area contributed by atoms with Crippen LogP contribution in [0.4, 0.5) is 5.95 Å². The van der Waals surface area contributed by atoms with Gasteiger partial charge in [-0.3, -0.25) is 4.98 Å². The highest BCUT2D eigenvalue weighted by molar-refractivity contribution is 6.30. The monoisotopic (exact) mass is 470 g/mol. The molecular formula is C24H31ClN6O2. The molecule has 0 saturated carbocycles. The van der Waals surface area contributed by atoms with E-state index in [2.05, 4.69) is 35.2 Å². The van der Waals surface area contributed by atoms with E-state index in [-0.39, 0.29) is 24.5 Å². The zero-order chi connectivity index (χ0) is 24.0. The number of hydrogen-bond acceptors (Lipinski definition) is 6. The van der Waals surface area contributed by atoms with E-state index < -0.39 is 0 Å². The standard InChI is InChI=1S/C24H31ClN6O2/c1-5-7-8-18(6-2)33-15-27-23-28-22-19(13-26)21(16-9-11-17(25)12-10-16)20(14-30(3)4)31(22)24(32)29-23/h9-12,18H,5-8,14-15H2,1-4H3,(H2,27,28,29,32). The van der Waals surface area contributed by atoms with Crippen molar-refractivity contribution in [3.63, 3.8) is 0 Å². The summed E-state index contributed by atoms with van der Waals surface area (Å²) in [5.41, 5.74) is 2.46. The maximum absolute atomic E-state index is 13.1. The van der Waals surface area contributed by atoms with Crippen LogP contribution in [-0.4, -0.2) is 46.2 Å². The van der Waals surface area contributed by atoms with E-state index in [1.807, 2.05) is 31.1 Å². The Hall–Kier alpha value is -2.86. The topological polar surface area (TPSA) is 98.4 Å². The summed E-state index contributed by atoms with van der Waals surface area (Å²) < 4.78 is 7.38. The highest BCUT2D eigenvalue weighted by Gasteiger charge is 2.23. The van der Waals surface area contributed by atoms with Gasteiger partial charge >= 0.3 is 5.69 Å². The summed E-state index contributed by atoms with van der Waals surface area (Å²) in [6.07, 6.45) is 4.29. The molecule has 0 fully saturated rings. The lowest BCUT2D eigenvalue weighted by atomic mass is 10.0. The molecule has 2 aromatic heterocycles. The Balaban J connectivity index is 2.02. The van der Waals surface area contributed by atoms with Crippen molar-refractivity contribution >= 4 is 23.2 Å². The van der Waals surface area contributed by atoms with Crippen molar-refractivity contribution < 1.29 is 4.74 Å². The largest absolute Gasteiger partial charge is 0.358 e. The van der Waals surface area contributed by atoms with Gasteiger partial charge in [0.25, 0.3) is 0 Å². The van der Waals surface area contributed by atoms with Gasteiger partial charge in [-0.05, 0) is 44.6 Å². The lowest BCUT2D eigenvalue weighted by Crippen LogP contribution is -2.25. The summed E-state index contributed by atoms with van der Waals surface area (Å²) in [6, 6.07) is 9.49. The van der Waals surface area contributed by atoms with Crippen molar-refractivity contribution in [3.8, 4) is 17.2 Å². The number of halogens is 1. The Morgan fingerprint density at radius 3 is 2.64 bits per heavy atom. The fraction of sp³-hybridized carbons (Fsp3) is 0.458. The SMILES string of the molecule is CCCCC(CC)OCNc1nc2c(C#N)c(-c3ccc(Cl)cc3)c(CN(C)C)n2c(=O)[nH]1. The third-order valence-corrected chi connectivity index (χ3v) is 5.75. The predicted octanol–water partition coefficient (Wildman–Crippen LogP) is 4.63. The number of rotatable bonds is 11. The van der Waals surface area contributed by atoms with Crippen LogP contribution in [0, 0.1) is 11.3 Å². The summed E-state index contributed by atoms with van der Waals surface area (Å²) >= 11 is 6.06. The van der Waals surface area contributed by atoms with Crippen molar-refractivity contribution in [2.75, 3.05) is 26.1 Å². The van der Waals surface area contributed by atoms with Crippen molar-refractivity contribution in [3.05, 3.63) is 51.0 Å². The Kier molecular flexibility index (Phi) is 8.50. The molecule has 0 radical (unpaired) electrons. The van der Waals surface area contributed by atoms with Gasteiger partial charge in [-0.2, -0.15) is 10.2 Å². The molecule has 1 atom stereocenters. The number of hydrogen-bond donors (Lipinski definition) is 2. The molecule has 1 unspecified atom stereocenters. The number of H-pyrrole nitrogens is 1. The number of nitrogens with zero attached hydrogens (tertiary/aromatic N) is 4. The fourth-order valence-corrected chi connectivity index (χ4v) is 3.98. The minimum atomic E-state index is -0.367. The molecule has 0 aliphatic rings. The average Bonchev–Trinajstić information content (AvgIpc) is 3.09. The molecule has 0 spiro atoms. The van der Waals surface area contributed by atoms with Gasteiger partial charge in [0.15, 0.2) is 5.65 Å². The van der Waals surface area contributed by atoms with E-state index in [1.165, 1.54) is 4.40 Å². The molecule has 33 heavy (non-hydrogen) atoms. The zero-order valence-corrected chi connectivity index (χ0v) is 20.4. The first-order chi connectivity index (χ1) is 15.9. The number of nitrogens with one attached hydrogen (secondary N) is 2. The van der Waals surface area contributed by atoms with Crippen molar-refractivity contribution in [2.24, 2.45) is 0 Å². The minimum Gasteiger partial charge on any atom is -0.358 e. The molecule has 1 aromatic carbocycles. The van der Waals surface area contributed by atoms with E-state index in [0.29, 0.717) is 34.0 Å². The van der Waals surface area contributed by atoms with Crippen molar-refractivity contribution in [1.29, 1.82) is 5.26 Å². The molecule has 0 saturated heterocycles. The van der Waals surface area contributed by atoms with Crippen LogP contribution in [0.2, 0.25) is 5.02 Å². The van der Waals surface area contributed by atoms with E-state index in [4.69, 9.17) is 16.3 Å². The molecule has 176 valence electrons. The van der Waals surface area contributed by atoms with Crippen LogP contribution in [0.5, 0.6) is 0 Å². The van der Waals surface area contributed by atoms with Crippen LogP contribution >= 0.6 is 11.6 Å². The van der Waals surface area contributed by atoms with Crippen LogP contribution in [0.25, 0.3) is 16.8 Å². The van der Waals surface area contributed by atoms with Gasteiger partial charge in [-0.1, -0.05) is 50.4 Å². The van der Waals surface area contributed by atoms with Gasteiger partial charge in [0.2, 0.25) is 5.95 Å². The number of aromatic amines is 1. The Morgan fingerprint density at radius 1 is 1.30 bits per heavy atom. The summed E-state index contributed by atoms with van der Waals surface area (Å²) in [5.74, 6) is 0.269. The second kappa shape index (κ2) is 11.3. The highest BCUT2D eigenvalue weighted by Crippen LogP contribution is 2.33. The molecule has 9 heteroatoms. The fourth-order valence-electron chi connectivity index (χ4n) is 3.85. The van der Waals surface area contributed by atoms with Gasteiger partial charge in [0.05, 0.1) is 11.8 Å². The molecule has 8 nitrogen and oxygen atoms in total. The van der Waals surface area contributed by atoms with E-state index in [9.17, 15) is 10.1 Å². The first-order valence-electron chi connectivity index (χ1n) is 11.2. The third-order valence-electron chi connectivity index (χ3n) is 5.49. The predicted molar refractivity (Wildman–Crippen MR) is 132 cm³/mol. The molecule has 0 amide bonds. The smallest absolute Gasteiger partial charge is 0.334 e. The number of benzene rings is 1. The van der Waals surface area contributed by atoms with E-state index in [0.717, 1.165) is 31.2 Å². The van der Waals surface area contributed by atoms with Gasteiger partial charge in [0.1, 0.15) is 18.4 Å². The summed E-state index contributed by atoms with van der Waals surface area (Å²) in [7, 11) is 3.82. The number of ether oxygens (including phenoxy) is 1. The van der Waals surface area contributed by atoms with E-state index >= 15 is 0 Å². The highest BCUT2D eigenvalue weighted by atomic mass is 35.5.